The average molecular weight is 221 g/mol. The van der Waals surface area contributed by atoms with Gasteiger partial charge in [0.15, 0.2) is 5.82 Å². The van der Waals surface area contributed by atoms with Crippen LogP contribution in [0.4, 0.5) is 11.6 Å². The van der Waals surface area contributed by atoms with Crippen molar-refractivity contribution in [1.29, 1.82) is 5.26 Å². The van der Waals surface area contributed by atoms with E-state index in [0.717, 1.165) is 13.0 Å². The van der Waals surface area contributed by atoms with Crippen molar-refractivity contribution >= 4 is 11.6 Å². The van der Waals surface area contributed by atoms with E-state index in [4.69, 9.17) is 11.0 Å². The number of aromatic nitrogens is 2. The lowest BCUT2D eigenvalue weighted by Gasteiger charge is -2.08. The number of nitrogens with zero attached hydrogens (tertiary/aromatic N) is 4. The summed E-state index contributed by atoms with van der Waals surface area (Å²) in [4.78, 5) is 1.81. The molecule has 0 radical (unpaired) electrons. The van der Waals surface area contributed by atoms with Crippen LogP contribution in [0.25, 0.3) is 0 Å². The van der Waals surface area contributed by atoms with E-state index in [1.165, 1.54) is 0 Å². The summed E-state index contributed by atoms with van der Waals surface area (Å²) in [5.74, 6) is 1.70. The van der Waals surface area contributed by atoms with E-state index >= 15 is 0 Å². The van der Waals surface area contributed by atoms with Gasteiger partial charge < -0.3 is 10.6 Å². The molecule has 2 N–H and O–H groups in total. The van der Waals surface area contributed by atoms with Gasteiger partial charge in [-0.05, 0) is 12.3 Å². The maximum absolute atomic E-state index is 9.03. The summed E-state index contributed by atoms with van der Waals surface area (Å²) in [6.45, 7) is 5.06. The largest absolute Gasteiger partial charge is 0.383 e. The van der Waals surface area contributed by atoms with E-state index in [2.05, 4.69) is 25.0 Å². The molecular formula is C11H19N5. The number of hydrogen-bond acceptors (Lipinski definition) is 4. The Balaban J connectivity index is 3.00. The molecule has 1 heterocycles. The number of aryl methyl sites for hydroxylation is 1. The van der Waals surface area contributed by atoms with Gasteiger partial charge in [0.05, 0.1) is 0 Å². The van der Waals surface area contributed by atoms with Gasteiger partial charge in [0, 0.05) is 20.6 Å². The van der Waals surface area contributed by atoms with Crippen LogP contribution in [-0.4, -0.2) is 23.9 Å². The zero-order chi connectivity index (χ0) is 12.3. The van der Waals surface area contributed by atoms with E-state index in [0.29, 0.717) is 23.1 Å². The molecule has 0 spiro atoms. The van der Waals surface area contributed by atoms with E-state index < -0.39 is 0 Å². The van der Waals surface area contributed by atoms with Crippen LogP contribution in [0.2, 0.25) is 0 Å². The summed E-state index contributed by atoms with van der Waals surface area (Å²) in [6.07, 6.45) is 1.00. The van der Waals surface area contributed by atoms with Crippen molar-refractivity contribution in [2.24, 2.45) is 5.92 Å². The topological polar surface area (TPSA) is 70.9 Å². The first-order valence-electron chi connectivity index (χ1n) is 5.41. The first kappa shape index (κ1) is 12.4. The maximum atomic E-state index is 9.03. The SMILES string of the molecule is CC(C)CCn1nc(N(C)C)c(C#N)c1N. The normalized spacial score (nSPS) is 10.5. The van der Waals surface area contributed by atoms with Crippen molar-refractivity contribution in [2.45, 2.75) is 26.8 Å². The Morgan fingerprint density at radius 2 is 2.12 bits per heavy atom. The second kappa shape index (κ2) is 4.88. The standard InChI is InChI=1S/C11H19N5/c1-8(2)5-6-16-10(13)9(7-12)11(14-16)15(3)4/h8H,5-6,13H2,1-4H3. The molecule has 16 heavy (non-hydrogen) atoms. The summed E-state index contributed by atoms with van der Waals surface area (Å²) in [7, 11) is 3.71. The van der Waals surface area contributed by atoms with Crippen molar-refractivity contribution in [1.82, 2.24) is 9.78 Å². The van der Waals surface area contributed by atoms with E-state index in [1.807, 2.05) is 14.1 Å². The predicted octanol–water partition coefficient (Wildman–Crippen LogP) is 1.45. The number of rotatable bonds is 4. The Kier molecular flexibility index (Phi) is 3.78. The minimum atomic E-state index is 0.465. The predicted molar refractivity (Wildman–Crippen MR) is 65.1 cm³/mol. The van der Waals surface area contributed by atoms with Crippen LogP contribution in [-0.2, 0) is 6.54 Å². The molecule has 0 aromatic carbocycles. The highest BCUT2D eigenvalue weighted by atomic mass is 15.4. The summed E-state index contributed by atoms with van der Waals surface area (Å²) in [5.41, 5.74) is 6.36. The van der Waals surface area contributed by atoms with Gasteiger partial charge in [0.1, 0.15) is 17.5 Å². The van der Waals surface area contributed by atoms with Crippen molar-refractivity contribution in [3.63, 3.8) is 0 Å². The van der Waals surface area contributed by atoms with Gasteiger partial charge in [0.25, 0.3) is 0 Å². The highest BCUT2D eigenvalue weighted by Gasteiger charge is 2.16. The molecule has 0 bridgehead atoms. The number of nitrogen functional groups attached to an aromatic ring is 1. The molecule has 0 unspecified atom stereocenters. The van der Waals surface area contributed by atoms with Crippen LogP contribution in [0.1, 0.15) is 25.8 Å². The second-order valence-corrected chi connectivity index (χ2v) is 4.50. The Morgan fingerprint density at radius 1 is 1.50 bits per heavy atom. The molecule has 1 aromatic heterocycles. The van der Waals surface area contributed by atoms with Crippen LogP contribution >= 0.6 is 0 Å². The minimum absolute atomic E-state index is 0.465. The molecule has 88 valence electrons. The fourth-order valence-corrected chi connectivity index (χ4v) is 1.43. The smallest absolute Gasteiger partial charge is 0.170 e. The fourth-order valence-electron chi connectivity index (χ4n) is 1.43. The summed E-state index contributed by atoms with van der Waals surface area (Å²) < 4.78 is 1.72. The van der Waals surface area contributed by atoms with Crippen molar-refractivity contribution in [3.05, 3.63) is 5.56 Å². The Morgan fingerprint density at radius 3 is 2.50 bits per heavy atom. The Bertz CT molecular complexity index is 397. The second-order valence-electron chi connectivity index (χ2n) is 4.50. The third kappa shape index (κ3) is 2.45. The molecule has 5 nitrogen and oxygen atoms in total. The molecule has 0 fully saturated rings. The summed E-state index contributed by atoms with van der Waals surface area (Å²) >= 11 is 0. The molecule has 0 atom stereocenters. The fraction of sp³-hybridized carbons (Fsp3) is 0.636. The molecular weight excluding hydrogens is 202 g/mol. The van der Waals surface area contributed by atoms with Gasteiger partial charge >= 0.3 is 0 Å². The lowest BCUT2D eigenvalue weighted by atomic mass is 10.1. The van der Waals surface area contributed by atoms with Crippen LogP contribution < -0.4 is 10.6 Å². The molecule has 1 aromatic rings. The number of anilines is 2. The Hall–Kier alpha value is -1.70. The number of nitriles is 1. The third-order valence-corrected chi connectivity index (χ3v) is 2.43. The highest BCUT2D eigenvalue weighted by Crippen LogP contribution is 2.23. The number of hydrogen-bond donors (Lipinski definition) is 1. The van der Waals surface area contributed by atoms with E-state index in [9.17, 15) is 0 Å². The third-order valence-electron chi connectivity index (χ3n) is 2.43. The zero-order valence-corrected chi connectivity index (χ0v) is 10.4. The molecule has 1 rings (SSSR count). The zero-order valence-electron chi connectivity index (χ0n) is 10.4. The first-order chi connectivity index (χ1) is 7.47. The molecule has 0 saturated carbocycles. The van der Waals surface area contributed by atoms with Gasteiger partial charge in [-0.1, -0.05) is 13.8 Å². The molecule has 0 saturated heterocycles. The quantitative estimate of drug-likeness (QED) is 0.835. The highest BCUT2D eigenvalue weighted by molar-refractivity contribution is 5.64. The van der Waals surface area contributed by atoms with Gasteiger partial charge in [-0.2, -0.15) is 10.4 Å². The van der Waals surface area contributed by atoms with Crippen molar-refractivity contribution in [3.8, 4) is 6.07 Å². The summed E-state index contributed by atoms with van der Waals surface area (Å²) in [6, 6.07) is 2.10. The van der Waals surface area contributed by atoms with Gasteiger partial charge in [-0.25, -0.2) is 4.68 Å². The molecule has 0 aliphatic rings. The lowest BCUT2D eigenvalue weighted by Crippen LogP contribution is -2.11. The molecule has 0 amide bonds. The average Bonchev–Trinajstić information content (AvgIpc) is 2.52. The molecule has 0 aliphatic heterocycles. The lowest BCUT2D eigenvalue weighted by molar-refractivity contribution is 0.491. The maximum Gasteiger partial charge on any atom is 0.170 e. The molecule has 0 aliphatic carbocycles. The first-order valence-corrected chi connectivity index (χ1v) is 5.41. The van der Waals surface area contributed by atoms with Crippen LogP contribution in [0.5, 0.6) is 0 Å². The van der Waals surface area contributed by atoms with Crippen LogP contribution in [0.3, 0.4) is 0 Å². The van der Waals surface area contributed by atoms with Gasteiger partial charge in [0.2, 0.25) is 0 Å². The van der Waals surface area contributed by atoms with Crippen molar-refractivity contribution < 1.29 is 0 Å². The Labute approximate surface area is 96.5 Å². The van der Waals surface area contributed by atoms with Crippen LogP contribution in [0, 0.1) is 17.2 Å². The molecule has 5 heteroatoms. The van der Waals surface area contributed by atoms with Gasteiger partial charge in [-0.15, -0.1) is 0 Å². The van der Waals surface area contributed by atoms with E-state index in [-0.39, 0.29) is 0 Å². The monoisotopic (exact) mass is 221 g/mol. The van der Waals surface area contributed by atoms with Crippen molar-refractivity contribution in [2.75, 3.05) is 24.7 Å². The van der Waals surface area contributed by atoms with Gasteiger partial charge in [-0.3, -0.25) is 0 Å². The summed E-state index contributed by atoms with van der Waals surface area (Å²) in [5, 5.41) is 13.4. The van der Waals surface area contributed by atoms with E-state index in [1.54, 1.807) is 9.58 Å². The number of nitrogens with two attached hydrogens (primary N) is 1. The minimum Gasteiger partial charge on any atom is -0.383 e. The van der Waals surface area contributed by atoms with Crippen LogP contribution in [0.15, 0.2) is 0 Å².